The zero-order valence-electron chi connectivity index (χ0n) is 17.3. The summed E-state index contributed by atoms with van der Waals surface area (Å²) in [6, 6.07) is 6.59. The summed E-state index contributed by atoms with van der Waals surface area (Å²) in [5.74, 6) is -2.69. The van der Waals surface area contributed by atoms with Gasteiger partial charge in [0.15, 0.2) is 5.78 Å². The number of carbonyl (C=O) groups is 3. The Labute approximate surface area is 179 Å². The van der Waals surface area contributed by atoms with Crippen LogP contribution in [-0.4, -0.2) is 83.9 Å². The van der Waals surface area contributed by atoms with Gasteiger partial charge in [-0.3, -0.25) is 9.59 Å². The van der Waals surface area contributed by atoms with Gasteiger partial charge in [0.25, 0.3) is 0 Å². The summed E-state index contributed by atoms with van der Waals surface area (Å²) in [7, 11) is 2.09. The van der Waals surface area contributed by atoms with E-state index in [1.54, 1.807) is 0 Å². The first kappa shape index (κ1) is 21.0. The maximum atomic E-state index is 12.9. The number of benzene rings is 2. The normalized spacial score (nSPS) is 16.7. The second kappa shape index (κ2) is 8.49. The Morgan fingerprint density at radius 2 is 1.68 bits per heavy atom. The largest absolute Gasteiger partial charge is 0.507 e. The highest BCUT2D eigenvalue weighted by Gasteiger charge is 2.35. The van der Waals surface area contributed by atoms with Gasteiger partial charge in [0, 0.05) is 43.9 Å². The van der Waals surface area contributed by atoms with Gasteiger partial charge >= 0.3 is 5.97 Å². The molecule has 1 fully saturated rings. The lowest BCUT2D eigenvalue weighted by atomic mass is 9.82. The Kier molecular flexibility index (Phi) is 5.75. The van der Waals surface area contributed by atoms with E-state index >= 15 is 0 Å². The average molecular weight is 424 g/mol. The van der Waals surface area contributed by atoms with Crippen LogP contribution in [0.3, 0.4) is 0 Å². The molecule has 4 rings (SSSR count). The molecule has 1 saturated heterocycles. The van der Waals surface area contributed by atoms with Crippen LogP contribution in [0.5, 0.6) is 11.5 Å². The minimum atomic E-state index is -0.668. The Bertz CT molecular complexity index is 1060. The number of hydrogen-bond donors (Lipinski definition) is 2. The number of aromatic hydroxyl groups is 2. The molecule has 31 heavy (non-hydrogen) atoms. The Morgan fingerprint density at radius 1 is 0.968 bits per heavy atom. The molecule has 0 spiro atoms. The monoisotopic (exact) mass is 424 g/mol. The number of piperazine rings is 1. The van der Waals surface area contributed by atoms with E-state index in [1.165, 1.54) is 24.3 Å². The van der Waals surface area contributed by atoms with Crippen molar-refractivity contribution in [1.82, 2.24) is 9.80 Å². The molecule has 0 saturated carbocycles. The lowest BCUT2D eigenvalue weighted by molar-refractivity contribution is 0.0479. The van der Waals surface area contributed by atoms with Crippen LogP contribution in [0.15, 0.2) is 30.3 Å². The topological polar surface area (TPSA) is 107 Å². The molecule has 2 aliphatic rings. The van der Waals surface area contributed by atoms with Gasteiger partial charge in [-0.25, -0.2) is 4.79 Å². The number of carbonyl (C=O) groups excluding carboxylic acids is 3. The lowest BCUT2D eigenvalue weighted by Crippen LogP contribution is -2.44. The number of nitrogens with zero attached hydrogens (tertiary/aromatic N) is 2. The van der Waals surface area contributed by atoms with Crippen LogP contribution < -0.4 is 0 Å². The van der Waals surface area contributed by atoms with Crippen LogP contribution in [0.2, 0.25) is 0 Å². The van der Waals surface area contributed by atoms with E-state index in [0.29, 0.717) is 6.42 Å². The van der Waals surface area contributed by atoms with Gasteiger partial charge in [-0.2, -0.15) is 0 Å². The van der Waals surface area contributed by atoms with Crippen LogP contribution in [0.4, 0.5) is 0 Å². The first-order chi connectivity index (χ1) is 14.9. The average Bonchev–Trinajstić information content (AvgIpc) is 2.75. The van der Waals surface area contributed by atoms with Crippen LogP contribution >= 0.6 is 0 Å². The number of phenols is 2. The maximum Gasteiger partial charge on any atom is 0.338 e. The van der Waals surface area contributed by atoms with E-state index in [0.717, 1.165) is 38.8 Å². The van der Waals surface area contributed by atoms with Gasteiger partial charge in [-0.05, 0) is 31.7 Å². The van der Waals surface area contributed by atoms with Crippen LogP contribution in [0.25, 0.3) is 0 Å². The van der Waals surface area contributed by atoms with E-state index in [-0.39, 0.29) is 40.2 Å². The number of rotatable bonds is 5. The molecule has 0 bridgehead atoms. The minimum Gasteiger partial charge on any atom is -0.507 e. The molecular weight excluding hydrogens is 400 g/mol. The Hall–Kier alpha value is -3.23. The summed E-state index contributed by atoms with van der Waals surface area (Å²) >= 11 is 0. The molecule has 1 heterocycles. The van der Waals surface area contributed by atoms with Crippen LogP contribution in [0.1, 0.15) is 48.6 Å². The van der Waals surface area contributed by atoms with Gasteiger partial charge in [0.1, 0.15) is 11.5 Å². The molecule has 0 aromatic heterocycles. The lowest BCUT2D eigenvalue weighted by Gasteiger charge is -2.32. The third-order valence-electron chi connectivity index (χ3n) is 5.79. The van der Waals surface area contributed by atoms with Gasteiger partial charge in [0.2, 0.25) is 5.78 Å². The van der Waals surface area contributed by atoms with Gasteiger partial charge in [-0.1, -0.05) is 12.1 Å². The number of likely N-dealkylation sites (N-methyl/N-ethyl adjacent to an activating group) is 1. The molecule has 1 aliphatic heterocycles. The Balaban J connectivity index is 1.45. The fraction of sp³-hybridized carbons (Fsp3) is 0.348. The summed E-state index contributed by atoms with van der Waals surface area (Å²) in [6.45, 7) is 5.03. The molecule has 8 nitrogen and oxygen atoms in total. The van der Waals surface area contributed by atoms with Crippen molar-refractivity contribution < 1.29 is 29.3 Å². The molecule has 1 aliphatic carbocycles. The summed E-state index contributed by atoms with van der Waals surface area (Å²) in [6.07, 6.45) is 0.677. The van der Waals surface area contributed by atoms with E-state index in [2.05, 4.69) is 16.8 Å². The summed E-state index contributed by atoms with van der Waals surface area (Å²) in [4.78, 5) is 42.7. The number of ether oxygens (including phenoxy) is 1. The number of phenolic OH excluding ortho intramolecular Hbond substituents is 2. The zero-order valence-corrected chi connectivity index (χ0v) is 17.3. The van der Waals surface area contributed by atoms with E-state index < -0.39 is 23.3 Å². The molecule has 2 aromatic rings. The fourth-order valence-corrected chi connectivity index (χ4v) is 4.01. The first-order valence-electron chi connectivity index (χ1n) is 10.2. The molecule has 0 radical (unpaired) electrons. The highest BCUT2D eigenvalue weighted by molar-refractivity contribution is 6.30. The van der Waals surface area contributed by atoms with Crippen molar-refractivity contribution in [2.45, 2.75) is 6.42 Å². The predicted molar refractivity (Wildman–Crippen MR) is 112 cm³/mol. The van der Waals surface area contributed by atoms with Crippen LogP contribution in [0, 0.1) is 0 Å². The number of esters is 1. The van der Waals surface area contributed by atoms with E-state index in [9.17, 15) is 24.6 Å². The van der Waals surface area contributed by atoms with Gasteiger partial charge in [-0.15, -0.1) is 0 Å². The van der Waals surface area contributed by atoms with Crippen molar-refractivity contribution in [3.63, 3.8) is 0 Å². The number of ketones is 2. The van der Waals surface area contributed by atoms with E-state index in [4.69, 9.17) is 4.74 Å². The van der Waals surface area contributed by atoms with E-state index in [1.807, 2.05) is 0 Å². The third kappa shape index (κ3) is 4.04. The van der Waals surface area contributed by atoms with Gasteiger partial charge in [0.05, 0.1) is 23.3 Å². The summed E-state index contributed by atoms with van der Waals surface area (Å²) in [5.41, 5.74) is -0.400. The maximum absolute atomic E-state index is 12.9. The highest BCUT2D eigenvalue weighted by Crippen LogP contribution is 2.37. The van der Waals surface area contributed by atoms with Crippen molar-refractivity contribution >= 4 is 17.5 Å². The van der Waals surface area contributed by atoms with Crippen molar-refractivity contribution in [2.24, 2.45) is 0 Å². The molecule has 0 amide bonds. The van der Waals surface area contributed by atoms with Crippen molar-refractivity contribution in [1.29, 1.82) is 0 Å². The van der Waals surface area contributed by atoms with Gasteiger partial charge < -0.3 is 24.7 Å². The number of fused-ring (bicyclic) bond motifs is 2. The third-order valence-corrected chi connectivity index (χ3v) is 5.79. The van der Waals surface area contributed by atoms with Crippen molar-refractivity contribution in [3.8, 4) is 11.5 Å². The summed E-state index contributed by atoms with van der Waals surface area (Å²) in [5, 5.41) is 20.4. The fourth-order valence-electron chi connectivity index (χ4n) is 4.01. The molecule has 0 unspecified atom stereocenters. The quantitative estimate of drug-likeness (QED) is 0.471. The van der Waals surface area contributed by atoms with Crippen molar-refractivity contribution in [2.75, 3.05) is 46.4 Å². The molecule has 162 valence electrons. The molecular formula is C23H24N2O6. The first-order valence-corrected chi connectivity index (χ1v) is 10.2. The minimum absolute atomic E-state index is 0.000556. The van der Waals surface area contributed by atoms with Crippen LogP contribution in [-0.2, 0) is 4.74 Å². The Morgan fingerprint density at radius 3 is 2.42 bits per heavy atom. The predicted octanol–water partition coefficient (Wildman–Crippen LogP) is 1.67. The second-order valence-corrected chi connectivity index (χ2v) is 7.91. The highest BCUT2D eigenvalue weighted by atomic mass is 16.5. The number of hydrogen-bond acceptors (Lipinski definition) is 8. The molecule has 0 atom stereocenters. The molecule has 8 heteroatoms. The zero-order chi connectivity index (χ0) is 22.1. The molecule has 2 N–H and O–H groups in total. The standard InChI is InChI=1S/C23H24N2O6/c1-24-7-9-25(10-8-24)6-3-11-31-23(30)14-12-16-20(18(27)13-14)22(29)19-15(21(16)28)4-2-5-17(19)26/h2,4-5,12-13,26-27H,3,6-11H2,1H3. The second-order valence-electron chi connectivity index (χ2n) is 7.91. The summed E-state index contributed by atoms with van der Waals surface area (Å²) < 4.78 is 5.31. The smallest absolute Gasteiger partial charge is 0.338 e. The van der Waals surface area contributed by atoms with Crippen molar-refractivity contribution in [3.05, 3.63) is 58.1 Å². The molecule has 2 aromatic carbocycles. The SMILES string of the molecule is CN1CCN(CCCOC(=O)c2cc(O)c3c(c2)C(=O)c2cccc(O)c2C3=O)CC1.